The van der Waals surface area contributed by atoms with Crippen LogP contribution in [0, 0.1) is 0 Å². The van der Waals surface area contributed by atoms with E-state index in [-0.39, 0.29) is 25.6 Å². The maximum atomic E-state index is 11.8. The highest BCUT2D eigenvalue weighted by atomic mass is 35.5. The lowest BCUT2D eigenvalue weighted by atomic mass is 9.94. The Hall–Kier alpha value is -2.36. The maximum Gasteiger partial charge on any atom is 0.408 e. The number of aromatic nitrogens is 6. The SMILES string of the molecule is Cn1cc(CCC(CO)(CO)NC(=O)OC(C)(C)C)nn1.Cn1cc(CCC([NH3+])(CO)CO)nn1.[Cl-]. The lowest BCUT2D eigenvalue weighted by Crippen LogP contribution is -3.00. The Morgan fingerprint density at radius 2 is 1.36 bits per heavy atom. The van der Waals surface area contributed by atoms with Crippen LogP contribution < -0.4 is 23.5 Å². The summed E-state index contributed by atoms with van der Waals surface area (Å²) in [5.41, 5.74) is 2.87. The molecule has 2 heterocycles. The van der Waals surface area contributed by atoms with Crippen LogP contribution in [0.4, 0.5) is 4.79 Å². The predicted molar refractivity (Wildman–Crippen MR) is 125 cm³/mol. The number of halogens is 1. The molecule has 0 atom stereocenters. The van der Waals surface area contributed by atoms with Crippen LogP contribution in [0.15, 0.2) is 12.4 Å². The fourth-order valence-electron chi connectivity index (χ4n) is 2.86. The molecule has 15 heteroatoms. The Morgan fingerprint density at radius 1 is 0.917 bits per heavy atom. The zero-order chi connectivity index (χ0) is 26.7. The maximum absolute atomic E-state index is 11.8. The van der Waals surface area contributed by atoms with Gasteiger partial charge in [0.1, 0.15) is 24.4 Å². The molecule has 0 aliphatic rings. The van der Waals surface area contributed by atoms with Crippen molar-refractivity contribution in [3.05, 3.63) is 23.8 Å². The van der Waals surface area contributed by atoms with Gasteiger partial charge >= 0.3 is 6.09 Å². The Kier molecular flexibility index (Phi) is 14.0. The van der Waals surface area contributed by atoms with Gasteiger partial charge in [0, 0.05) is 32.9 Å². The van der Waals surface area contributed by atoms with Gasteiger partial charge < -0.3 is 48.6 Å². The summed E-state index contributed by atoms with van der Waals surface area (Å²) >= 11 is 0. The standard InChI is InChI=1S/C13H24N4O4.C8H16N4O2.ClH/c1-12(2,3)21-11(20)14-13(8-18,9-19)6-5-10-7-17(4)16-15-10;1-12-4-7(10-11-12)2-3-8(9,5-13)6-14;/h7,18-19H,5-6,8-9H2,1-4H3,(H,14,20);4,13-14H,2-3,5-6,9H2,1H3;1H. The van der Waals surface area contributed by atoms with Gasteiger partial charge in [0.2, 0.25) is 0 Å². The van der Waals surface area contributed by atoms with Crippen molar-refractivity contribution in [2.45, 2.75) is 63.1 Å². The summed E-state index contributed by atoms with van der Waals surface area (Å²) in [5.74, 6) is 0. The average Bonchev–Trinajstić information content (AvgIpc) is 3.41. The van der Waals surface area contributed by atoms with E-state index in [4.69, 9.17) is 14.9 Å². The number of carbonyl (C=O) groups excluding carboxylic acids is 1. The first-order valence-electron chi connectivity index (χ1n) is 11.3. The summed E-state index contributed by atoms with van der Waals surface area (Å²) in [5, 5.41) is 55.1. The minimum Gasteiger partial charge on any atom is -1.00 e. The first-order valence-corrected chi connectivity index (χ1v) is 11.3. The zero-order valence-corrected chi connectivity index (χ0v) is 22.4. The van der Waals surface area contributed by atoms with E-state index in [0.29, 0.717) is 25.7 Å². The second kappa shape index (κ2) is 15.0. The molecule has 2 aromatic rings. The lowest BCUT2D eigenvalue weighted by Gasteiger charge is -2.32. The molecule has 0 aliphatic heterocycles. The molecule has 0 aliphatic carbocycles. The van der Waals surface area contributed by atoms with E-state index in [0.717, 1.165) is 11.4 Å². The van der Waals surface area contributed by atoms with E-state index >= 15 is 0 Å². The number of quaternary nitrogens is 1. The van der Waals surface area contributed by atoms with Crippen LogP contribution in [0.1, 0.15) is 45.0 Å². The number of rotatable bonds is 11. The van der Waals surface area contributed by atoms with Gasteiger partial charge in [0.25, 0.3) is 0 Å². The average molecular weight is 537 g/mol. The molecule has 0 unspecified atom stereocenters. The highest BCUT2D eigenvalue weighted by Gasteiger charge is 2.33. The van der Waals surface area contributed by atoms with Gasteiger partial charge in [-0.25, -0.2) is 4.79 Å². The Bertz CT molecular complexity index is 893. The third kappa shape index (κ3) is 12.1. The molecule has 208 valence electrons. The molecule has 1 amide bonds. The number of ether oxygens (including phenoxy) is 1. The molecule has 0 fully saturated rings. The molecule has 0 spiro atoms. The molecule has 2 rings (SSSR count). The van der Waals surface area contributed by atoms with Crippen molar-refractivity contribution in [2.24, 2.45) is 14.1 Å². The molecule has 14 nitrogen and oxygen atoms in total. The summed E-state index contributed by atoms with van der Waals surface area (Å²) in [6, 6.07) is 0. The Labute approximate surface area is 217 Å². The third-order valence-electron chi connectivity index (χ3n) is 5.11. The van der Waals surface area contributed by atoms with Crippen LogP contribution in [0.2, 0.25) is 0 Å². The Morgan fingerprint density at radius 3 is 1.69 bits per heavy atom. The van der Waals surface area contributed by atoms with Crippen molar-refractivity contribution in [3.8, 4) is 0 Å². The smallest absolute Gasteiger partial charge is 0.408 e. The molecular weight excluding hydrogens is 496 g/mol. The van der Waals surface area contributed by atoms with Crippen LogP contribution >= 0.6 is 0 Å². The van der Waals surface area contributed by atoms with Gasteiger partial charge in [-0.2, -0.15) is 0 Å². The number of hydrogen-bond donors (Lipinski definition) is 6. The van der Waals surface area contributed by atoms with Gasteiger partial charge in [-0.15, -0.1) is 10.2 Å². The summed E-state index contributed by atoms with van der Waals surface area (Å²) < 4.78 is 8.34. The van der Waals surface area contributed by atoms with Crippen molar-refractivity contribution in [1.82, 2.24) is 35.3 Å². The number of nitrogens with zero attached hydrogens (tertiary/aromatic N) is 6. The highest BCUT2D eigenvalue weighted by Crippen LogP contribution is 2.15. The van der Waals surface area contributed by atoms with Gasteiger partial charge in [0.15, 0.2) is 0 Å². The van der Waals surface area contributed by atoms with E-state index in [1.807, 2.05) is 6.20 Å². The van der Waals surface area contributed by atoms with Crippen molar-refractivity contribution >= 4 is 6.09 Å². The number of nitrogens with one attached hydrogen (secondary N) is 1. The fraction of sp³-hybridized carbons (Fsp3) is 0.762. The monoisotopic (exact) mass is 536 g/mol. The number of carbonyl (C=O) groups is 1. The fourth-order valence-corrected chi connectivity index (χ4v) is 2.86. The van der Waals surface area contributed by atoms with E-state index in [1.54, 1.807) is 50.4 Å². The van der Waals surface area contributed by atoms with Crippen molar-refractivity contribution in [3.63, 3.8) is 0 Å². The largest absolute Gasteiger partial charge is 1.00 e. The quantitative estimate of drug-likeness (QED) is 0.161. The van der Waals surface area contributed by atoms with Crippen LogP contribution in [-0.2, 0) is 31.7 Å². The number of aryl methyl sites for hydroxylation is 4. The van der Waals surface area contributed by atoms with Crippen molar-refractivity contribution < 1.29 is 48.1 Å². The molecule has 0 radical (unpaired) electrons. The highest BCUT2D eigenvalue weighted by molar-refractivity contribution is 5.68. The van der Waals surface area contributed by atoms with Gasteiger partial charge in [0.05, 0.1) is 30.1 Å². The second-order valence-electron chi connectivity index (χ2n) is 9.81. The molecule has 8 N–H and O–H groups in total. The normalized spacial score (nSPS) is 11.8. The van der Waals surface area contributed by atoms with Crippen LogP contribution in [0.25, 0.3) is 0 Å². The zero-order valence-electron chi connectivity index (χ0n) is 21.7. The molecule has 2 aromatic heterocycles. The number of alkyl carbamates (subject to hydrolysis) is 1. The van der Waals surface area contributed by atoms with Crippen molar-refractivity contribution in [2.75, 3.05) is 26.4 Å². The molecule has 0 saturated heterocycles. The summed E-state index contributed by atoms with van der Waals surface area (Å²) in [6.07, 6.45) is 4.92. The van der Waals surface area contributed by atoms with Gasteiger partial charge in [-0.1, -0.05) is 10.4 Å². The summed E-state index contributed by atoms with van der Waals surface area (Å²) in [7, 11) is 3.55. The lowest BCUT2D eigenvalue weighted by molar-refractivity contribution is -0.491. The number of amides is 1. The first kappa shape index (κ1) is 33.6. The summed E-state index contributed by atoms with van der Waals surface area (Å²) in [6.45, 7) is 4.18. The molecule has 36 heavy (non-hydrogen) atoms. The second-order valence-corrected chi connectivity index (χ2v) is 9.81. The molecular formula is C21H41ClN8O6. The number of aliphatic hydroxyl groups excluding tert-OH is 4. The molecule has 0 aromatic carbocycles. The Balaban J connectivity index is 0.000000713. The van der Waals surface area contributed by atoms with E-state index < -0.39 is 36.0 Å². The first-order chi connectivity index (χ1) is 16.3. The number of hydrogen-bond acceptors (Lipinski definition) is 10. The predicted octanol–water partition coefficient (Wildman–Crippen LogP) is -5.29. The number of aliphatic hydroxyl groups is 4. The van der Waals surface area contributed by atoms with E-state index in [1.165, 1.54) is 0 Å². The van der Waals surface area contributed by atoms with E-state index in [2.05, 4.69) is 31.7 Å². The topological polar surface area (TPSA) is 208 Å². The van der Waals surface area contributed by atoms with Crippen LogP contribution in [-0.4, -0.2) is 99.6 Å². The van der Waals surface area contributed by atoms with Crippen molar-refractivity contribution in [1.29, 1.82) is 0 Å². The van der Waals surface area contributed by atoms with Gasteiger partial charge in [-0.05, 0) is 40.0 Å². The molecule has 0 saturated carbocycles. The van der Waals surface area contributed by atoms with E-state index in [9.17, 15) is 15.0 Å². The third-order valence-corrected chi connectivity index (χ3v) is 5.11. The van der Waals surface area contributed by atoms with Gasteiger partial charge in [-0.3, -0.25) is 9.36 Å². The van der Waals surface area contributed by atoms with Crippen LogP contribution in [0.5, 0.6) is 0 Å². The molecule has 0 bridgehead atoms. The van der Waals surface area contributed by atoms with Crippen LogP contribution in [0.3, 0.4) is 0 Å². The summed E-state index contributed by atoms with van der Waals surface area (Å²) in [4.78, 5) is 11.8. The minimum absolute atomic E-state index is 0. The minimum atomic E-state index is -1.15.